The standard InChI is InChI=1S/C14H19ClF3NO/c1-3-13(4-2,9-20)8-19-12-6-5-10(7-11(12)15)14(16,17)18/h5-7,19-20H,3-4,8-9H2,1-2H3. The number of hydrogen-bond acceptors (Lipinski definition) is 2. The molecule has 0 amide bonds. The summed E-state index contributed by atoms with van der Waals surface area (Å²) in [5, 5.41) is 12.5. The molecule has 1 rings (SSSR count). The smallest absolute Gasteiger partial charge is 0.396 e. The molecular formula is C14H19ClF3NO. The third-order valence-corrected chi connectivity index (χ3v) is 4.10. The minimum Gasteiger partial charge on any atom is -0.396 e. The Morgan fingerprint density at radius 2 is 1.80 bits per heavy atom. The zero-order valence-electron chi connectivity index (χ0n) is 11.5. The van der Waals surface area contributed by atoms with Crippen LogP contribution in [0.25, 0.3) is 0 Å². The van der Waals surface area contributed by atoms with E-state index >= 15 is 0 Å². The van der Waals surface area contributed by atoms with Crippen LogP contribution in [0, 0.1) is 5.41 Å². The molecule has 6 heteroatoms. The number of anilines is 1. The average molecular weight is 310 g/mol. The monoisotopic (exact) mass is 309 g/mol. The van der Waals surface area contributed by atoms with Crippen molar-refractivity contribution in [1.29, 1.82) is 0 Å². The van der Waals surface area contributed by atoms with Gasteiger partial charge in [-0.15, -0.1) is 0 Å². The average Bonchev–Trinajstić information content (AvgIpc) is 2.41. The molecule has 0 fully saturated rings. The Labute approximate surface area is 121 Å². The summed E-state index contributed by atoms with van der Waals surface area (Å²) >= 11 is 5.87. The van der Waals surface area contributed by atoms with Gasteiger partial charge in [0, 0.05) is 12.0 Å². The fourth-order valence-electron chi connectivity index (χ4n) is 1.90. The maximum absolute atomic E-state index is 12.5. The highest BCUT2D eigenvalue weighted by atomic mass is 35.5. The Morgan fingerprint density at radius 1 is 1.20 bits per heavy atom. The van der Waals surface area contributed by atoms with Gasteiger partial charge in [0.05, 0.1) is 22.9 Å². The van der Waals surface area contributed by atoms with Crippen LogP contribution in [0.3, 0.4) is 0 Å². The first-order chi connectivity index (χ1) is 9.28. The quantitative estimate of drug-likeness (QED) is 0.807. The largest absolute Gasteiger partial charge is 0.416 e. The predicted octanol–water partition coefficient (Wildman–Crippen LogP) is 4.57. The molecule has 0 atom stereocenters. The summed E-state index contributed by atoms with van der Waals surface area (Å²) in [6.07, 6.45) is -2.86. The highest BCUT2D eigenvalue weighted by Crippen LogP contribution is 2.34. The van der Waals surface area contributed by atoms with Gasteiger partial charge in [0.15, 0.2) is 0 Å². The molecule has 114 valence electrons. The summed E-state index contributed by atoms with van der Waals surface area (Å²) in [4.78, 5) is 0. The number of nitrogens with one attached hydrogen (secondary N) is 1. The minimum atomic E-state index is -4.40. The lowest BCUT2D eigenvalue weighted by molar-refractivity contribution is -0.137. The summed E-state index contributed by atoms with van der Waals surface area (Å²) in [6, 6.07) is 3.22. The van der Waals surface area contributed by atoms with Crippen LogP contribution in [-0.2, 0) is 6.18 Å². The van der Waals surface area contributed by atoms with Crippen molar-refractivity contribution in [2.24, 2.45) is 5.41 Å². The Kier molecular flexibility index (Phi) is 5.71. The van der Waals surface area contributed by atoms with Crippen LogP contribution in [0.5, 0.6) is 0 Å². The van der Waals surface area contributed by atoms with Gasteiger partial charge in [-0.05, 0) is 31.0 Å². The van der Waals surface area contributed by atoms with Crippen molar-refractivity contribution in [3.8, 4) is 0 Å². The number of benzene rings is 1. The normalized spacial score (nSPS) is 12.6. The first-order valence-electron chi connectivity index (χ1n) is 6.49. The van der Waals surface area contributed by atoms with Crippen molar-refractivity contribution < 1.29 is 18.3 Å². The second kappa shape index (κ2) is 6.68. The van der Waals surface area contributed by atoms with E-state index < -0.39 is 11.7 Å². The summed E-state index contributed by atoms with van der Waals surface area (Å²) < 4.78 is 37.6. The van der Waals surface area contributed by atoms with Crippen LogP contribution in [0.1, 0.15) is 32.3 Å². The van der Waals surface area contributed by atoms with Gasteiger partial charge in [0.2, 0.25) is 0 Å². The van der Waals surface area contributed by atoms with E-state index in [1.165, 1.54) is 6.07 Å². The lowest BCUT2D eigenvalue weighted by atomic mass is 9.83. The molecule has 0 radical (unpaired) electrons. The second-order valence-corrected chi connectivity index (χ2v) is 5.32. The Balaban J connectivity index is 2.84. The van der Waals surface area contributed by atoms with Crippen LogP contribution >= 0.6 is 11.6 Å². The zero-order chi connectivity index (χ0) is 15.4. The van der Waals surface area contributed by atoms with E-state index in [1.807, 2.05) is 13.8 Å². The highest BCUT2D eigenvalue weighted by Gasteiger charge is 2.31. The number of aliphatic hydroxyl groups is 1. The summed E-state index contributed by atoms with van der Waals surface area (Å²) in [5.74, 6) is 0. The minimum absolute atomic E-state index is 0.0191. The van der Waals surface area contributed by atoms with E-state index in [0.29, 0.717) is 12.2 Å². The third-order valence-electron chi connectivity index (χ3n) is 3.79. The van der Waals surface area contributed by atoms with Crippen molar-refractivity contribution in [2.45, 2.75) is 32.9 Å². The van der Waals surface area contributed by atoms with Crippen molar-refractivity contribution in [3.63, 3.8) is 0 Å². The van der Waals surface area contributed by atoms with Crippen LogP contribution in [0.4, 0.5) is 18.9 Å². The number of alkyl halides is 3. The first-order valence-corrected chi connectivity index (χ1v) is 6.87. The topological polar surface area (TPSA) is 32.3 Å². The van der Waals surface area contributed by atoms with Gasteiger partial charge in [-0.3, -0.25) is 0 Å². The van der Waals surface area contributed by atoms with E-state index in [1.54, 1.807) is 0 Å². The van der Waals surface area contributed by atoms with Crippen LogP contribution in [-0.4, -0.2) is 18.3 Å². The molecule has 0 bridgehead atoms. The Morgan fingerprint density at radius 3 is 2.20 bits per heavy atom. The predicted molar refractivity (Wildman–Crippen MR) is 75.0 cm³/mol. The van der Waals surface area contributed by atoms with Crippen molar-refractivity contribution in [2.75, 3.05) is 18.5 Å². The molecule has 0 aliphatic rings. The van der Waals surface area contributed by atoms with Crippen LogP contribution in [0.2, 0.25) is 5.02 Å². The lowest BCUT2D eigenvalue weighted by Crippen LogP contribution is -2.32. The lowest BCUT2D eigenvalue weighted by Gasteiger charge is -2.30. The van der Waals surface area contributed by atoms with E-state index in [9.17, 15) is 18.3 Å². The van der Waals surface area contributed by atoms with Gasteiger partial charge in [0.25, 0.3) is 0 Å². The molecule has 20 heavy (non-hydrogen) atoms. The fraction of sp³-hybridized carbons (Fsp3) is 0.571. The van der Waals surface area contributed by atoms with E-state index in [4.69, 9.17) is 11.6 Å². The maximum Gasteiger partial charge on any atom is 0.416 e. The fourth-order valence-corrected chi connectivity index (χ4v) is 2.14. The molecule has 1 aromatic carbocycles. The SMILES string of the molecule is CCC(CC)(CO)CNc1ccc(C(F)(F)F)cc1Cl. The number of rotatable bonds is 6. The van der Waals surface area contributed by atoms with Crippen molar-refractivity contribution in [3.05, 3.63) is 28.8 Å². The molecule has 0 aliphatic heterocycles. The Hall–Kier alpha value is -0.940. The number of halogens is 4. The second-order valence-electron chi connectivity index (χ2n) is 4.91. The number of aliphatic hydroxyl groups excluding tert-OH is 1. The molecule has 2 N–H and O–H groups in total. The van der Waals surface area contributed by atoms with E-state index in [0.717, 1.165) is 25.0 Å². The summed E-state index contributed by atoms with van der Waals surface area (Å²) in [6.45, 7) is 4.42. The Bertz CT molecular complexity index is 436. The molecule has 0 aliphatic carbocycles. The summed E-state index contributed by atoms with van der Waals surface area (Å²) in [5.41, 5.74) is -0.613. The van der Waals surface area contributed by atoms with E-state index in [2.05, 4.69) is 5.32 Å². The number of hydrogen-bond donors (Lipinski definition) is 2. The molecular weight excluding hydrogens is 291 g/mol. The first kappa shape index (κ1) is 17.1. The van der Waals surface area contributed by atoms with Crippen LogP contribution in [0.15, 0.2) is 18.2 Å². The molecule has 0 unspecified atom stereocenters. The van der Waals surface area contributed by atoms with Gasteiger partial charge in [0.1, 0.15) is 0 Å². The van der Waals surface area contributed by atoms with Gasteiger partial charge < -0.3 is 10.4 Å². The molecule has 2 nitrogen and oxygen atoms in total. The molecule has 0 spiro atoms. The van der Waals surface area contributed by atoms with Gasteiger partial charge in [-0.2, -0.15) is 13.2 Å². The highest BCUT2D eigenvalue weighted by molar-refractivity contribution is 6.33. The molecule has 0 heterocycles. The van der Waals surface area contributed by atoms with E-state index in [-0.39, 0.29) is 17.0 Å². The maximum atomic E-state index is 12.5. The van der Waals surface area contributed by atoms with Gasteiger partial charge in [-0.25, -0.2) is 0 Å². The summed E-state index contributed by atoms with van der Waals surface area (Å²) in [7, 11) is 0. The van der Waals surface area contributed by atoms with Gasteiger partial charge in [-0.1, -0.05) is 25.4 Å². The molecule has 0 saturated carbocycles. The van der Waals surface area contributed by atoms with Crippen LogP contribution < -0.4 is 5.32 Å². The molecule has 0 aromatic heterocycles. The zero-order valence-corrected chi connectivity index (χ0v) is 12.3. The van der Waals surface area contributed by atoms with Crippen molar-refractivity contribution in [1.82, 2.24) is 0 Å². The van der Waals surface area contributed by atoms with Gasteiger partial charge >= 0.3 is 6.18 Å². The third kappa shape index (κ3) is 4.03. The molecule has 0 saturated heterocycles. The van der Waals surface area contributed by atoms with Crippen molar-refractivity contribution >= 4 is 17.3 Å². The molecule has 1 aromatic rings.